The van der Waals surface area contributed by atoms with Crippen LogP contribution in [0, 0.1) is 0 Å². The summed E-state index contributed by atoms with van der Waals surface area (Å²) in [6.07, 6.45) is 3.41. The van der Waals surface area contributed by atoms with E-state index in [2.05, 4.69) is 43.0 Å². The van der Waals surface area contributed by atoms with Crippen molar-refractivity contribution in [3.8, 4) is 11.1 Å². The van der Waals surface area contributed by atoms with Gasteiger partial charge in [0.2, 0.25) is 0 Å². The van der Waals surface area contributed by atoms with E-state index < -0.39 is 0 Å². The summed E-state index contributed by atoms with van der Waals surface area (Å²) in [4.78, 5) is 13.8. The molecule has 0 heterocycles. The summed E-state index contributed by atoms with van der Waals surface area (Å²) in [7, 11) is 1.78. The number of fused-ring (bicyclic) bond motifs is 3. The Bertz CT molecular complexity index is 693. The Hall–Kier alpha value is -2.55. The van der Waals surface area contributed by atoms with Crippen LogP contribution in [0.15, 0.2) is 61.2 Å². The van der Waals surface area contributed by atoms with Crippen LogP contribution in [0.1, 0.15) is 29.9 Å². The SMILES string of the molecule is C=CCCCN(C)C(=O)OCC1c2ccccc2-c2ccccc21. The highest BCUT2D eigenvalue weighted by atomic mass is 16.6. The zero-order chi connectivity index (χ0) is 16.9. The van der Waals surface area contributed by atoms with Crippen molar-refractivity contribution in [2.45, 2.75) is 18.8 Å². The summed E-state index contributed by atoms with van der Waals surface area (Å²) < 4.78 is 5.59. The van der Waals surface area contributed by atoms with Crippen LogP contribution in [0.2, 0.25) is 0 Å². The van der Waals surface area contributed by atoms with E-state index in [9.17, 15) is 4.79 Å². The van der Waals surface area contributed by atoms with Crippen molar-refractivity contribution in [1.82, 2.24) is 4.90 Å². The first kappa shape index (κ1) is 16.3. The largest absolute Gasteiger partial charge is 0.448 e. The van der Waals surface area contributed by atoms with Gasteiger partial charge in [-0.25, -0.2) is 4.79 Å². The minimum atomic E-state index is -0.263. The van der Waals surface area contributed by atoms with E-state index in [1.54, 1.807) is 11.9 Å². The second-order valence-corrected chi connectivity index (χ2v) is 6.16. The van der Waals surface area contributed by atoms with Gasteiger partial charge in [0, 0.05) is 19.5 Å². The fraction of sp³-hybridized carbons (Fsp3) is 0.286. The number of unbranched alkanes of at least 4 members (excludes halogenated alkanes) is 1. The van der Waals surface area contributed by atoms with Crippen LogP contribution >= 0.6 is 0 Å². The number of rotatable bonds is 6. The third-order valence-electron chi connectivity index (χ3n) is 4.55. The van der Waals surface area contributed by atoms with Crippen LogP contribution in [0.5, 0.6) is 0 Å². The molecular weight excluding hydrogens is 298 g/mol. The summed E-state index contributed by atoms with van der Waals surface area (Å²) in [6.45, 7) is 4.76. The molecule has 0 saturated heterocycles. The number of nitrogens with zero attached hydrogens (tertiary/aromatic N) is 1. The lowest BCUT2D eigenvalue weighted by Crippen LogP contribution is -2.29. The maximum Gasteiger partial charge on any atom is 0.409 e. The molecule has 0 spiro atoms. The monoisotopic (exact) mass is 321 g/mol. The van der Waals surface area contributed by atoms with Crippen LogP contribution in [-0.2, 0) is 4.74 Å². The van der Waals surface area contributed by atoms with Gasteiger partial charge in [0.15, 0.2) is 0 Å². The first-order valence-electron chi connectivity index (χ1n) is 8.39. The normalized spacial score (nSPS) is 12.4. The second kappa shape index (κ2) is 7.35. The van der Waals surface area contributed by atoms with Gasteiger partial charge in [0.25, 0.3) is 0 Å². The average Bonchev–Trinajstić information content (AvgIpc) is 2.94. The molecule has 0 N–H and O–H groups in total. The Morgan fingerprint density at radius 2 is 1.71 bits per heavy atom. The molecule has 3 nitrogen and oxygen atoms in total. The quantitative estimate of drug-likeness (QED) is 0.563. The lowest BCUT2D eigenvalue weighted by molar-refractivity contribution is 0.108. The van der Waals surface area contributed by atoms with Gasteiger partial charge in [0.1, 0.15) is 6.61 Å². The predicted molar refractivity (Wildman–Crippen MR) is 97.1 cm³/mol. The van der Waals surface area contributed by atoms with Gasteiger partial charge in [-0.3, -0.25) is 0 Å². The van der Waals surface area contributed by atoms with Crippen molar-refractivity contribution in [3.63, 3.8) is 0 Å². The standard InChI is InChI=1S/C21H23NO2/c1-3-4-9-14-22(2)21(23)24-15-20-18-12-7-5-10-16(18)17-11-6-8-13-19(17)20/h3,5-8,10-13,20H,1,4,9,14-15H2,2H3. The molecule has 1 amide bonds. The van der Waals surface area contributed by atoms with Crippen molar-refractivity contribution < 1.29 is 9.53 Å². The summed E-state index contributed by atoms with van der Waals surface area (Å²) in [6, 6.07) is 16.7. The molecule has 2 aromatic carbocycles. The number of benzene rings is 2. The number of carbonyl (C=O) groups is 1. The van der Waals surface area contributed by atoms with E-state index >= 15 is 0 Å². The molecule has 24 heavy (non-hydrogen) atoms. The molecule has 0 bridgehead atoms. The van der Waals surface area contributed by atoms with Crippen molar-refractivity contribution in [1.29, 1.82) is 0 Å². The maximum atomic E-state index is 12.2. The van der Waals surface area contributed by atoms with Crippen LogP contribution < -0.4 is 0 Å². The molecule has 1 aliphatic rings. The molecule has 3 heteroatoms. The Morgan fingerprint density at radius 1 is 1.12 bits per heavy atom. The Labute approximate surface area is 143 Å². The van der Waals surface area contributed by atoms with Crippen molar-refractivity contribution in [2.75, 3.05) is 20.2 Å². The smallest absolute Gasteiger partial charge is 0.409 e. The number of allylic oxidation sites excluding steroid dienone is 1. The van der Waals surface area contributed by atoms with E-state index in [0.29, 0.717) is 13.2 Å². The molecule has 0 saturated carbocycles. The molecule has 0 aliphatic heterocycles. The first-order valence-corrected chi connectivity index (χ1v) is 8.39. The lowest BCUT2D eigenvalue weighted by atomic mass is 9.98. The number of amides is 1. The number of ether oxygens (including phenoxy) is 1. The number of carbonyl (C=O) groups excluding carboxylic acids is 1. The van der Waals surface area contributed by atoms with E-state index in [1.165, 1.54) is 22.3 Å². The van der Waals surface area contributed by atoms with Crippen LogP contribution in [0.4, 0.5) is 4.79 Å². The Morgan fingerprint density at radius 3 is 2.29 bits per heavy atom. The first-order chi connectivity index (χ1) is 11.7. The number of hydrogen-bond acceptors (Lipinski definition) is 2. The zero-order valence-electron chi connectivity index (χ0n) is 14.1. The second-order valence-electron chi connectivity index (χ2n) is 6.16. The van der Waals surface area contributed by atoms with Crippen molar-refractivity contribution in [3.05, 3.63) is 72.3 Å². The maximum absolute atomic E-state index is 12.2. The summed E-state index contributed by atoms with van der Waals surface area (Å²) in [5.74, 6) is 0.114. The van der Waals surface area contributed by atoms with Gasteiger partial charge in [0.05, 0.1) is 0 Å². The average molecular weight is 321 g/mol. The predicted octanol–water partition coefficient (Wildman–Crippen LogP) is 4.83. The van der Waals surface area contributed by atoms with E-state index in [4.69, 9.17) is 4.74 Å². The number of hydrogen-bond donors (Lipinski definition) is 0. The van der Waals surface area contributed by atoms with Gasteiger partial charge < -0.3 is 9.64 Å². The zero-order valence-corrected chi connectivity index (χ0v) is 14.1. The fourth-order valence-electron chi connectivity index (χ4n) is 3.27. The van der Waals surface area contributed by atoms with E-state index in [-0.39, 0.29) is 12.0 Å². The summed E-state index contributed by atoms with van der Waals surface area (Å²) in [5.41, 5.74) is 4.96. The highest BCUT2D eigenvalue weighted by Crippen LogP contribution is 2.44. The van der Waals surface area contributed by atoms with Gasteiger partial charge in [-0.05, 0) is 35.1 Å². The Balaban J connectivity index is 1.69. The van der Waals surface area contributed by atoms with Crippen molar-refractivity contribution in [2.24, 2.45) is 0 Å². The van der Waals surface area contributed by atoms with Gasteiger partial charge in [-0.1, -0.05) is 54.6 Å². The van der Waals surface area contributed by atoms with Gasteiger partial charge in [-0.2, -0.15) is 0 Å². The molecule has 0 fully saturated rings. The topological polar surface area (TPSA) is 29.5 Å². The third kappa shape index (κ3) is 3.21. The molecule has 0 atom stereocenters. The van der Waals surface area contributed by atoms with Crippen molar-refractivity contribution >= 4 is 6.09 Å². The highest BCUT2D eigenvalue weighted by molar-refractivity contribution is 5.79. The van der Waals surface area contributed by atoms with Crippen LogP contribution in [0.25, 0.3) is 11.1 Å². The summed E-state index contributed by atoms with van der Waals surface area (Å²) in [5, 5.41) is 0. The van der Waals surface area contributed by atoms with E-state index in [0.717, 1.165) is 12.8 Å². The minimum Gasteiger partial charge on any atom is -0.448 e. The van der Waals surface area contributed by atoms with Gasteiger partial charge >= 0.3 is 6.09 Å². The molecule has 3 rings (SSSR count). The Kier molecular flexibility index (Phi) is 4.99. The lowest BCUT2D eigenvalue weighted by Gasteiger charge is -2.19. The molecule has 0 unspecified atom stereocenters. The third-order valence-corrected chi connectivity index (χ3v) is 4.55. The molecular formula is C21H23NO2. The molecule has 2 aromatic rings. The van der Waals surface area contributed by atoms with Gasteiger partial charge in [-0.15, -0.1) is 6.58 Å². The minimum absolute atomic E-state index is 0.114. The van der Waals surface area contributed by atoms with Crippen LogP contribution in [0.3, 0.4) is 0 Å². The van der Waals surface area contributed by atoms with E-state index in [1.807, 2.05) is 18.2 Å². The molecule has 0 radical (unpaired) electrons. The molecule has 1 aliphatic carbocycles. The van der Waals surface area contributed by atoms with Crippen LogP contribution in [-0.4, -0.2) is 31.2 Å². The summed E-state index contributed by atoms with van der Waals surface area (Å²) >= 11 is 0. The molecule has 124 valence electrons. The fourth-order valence-corrected chi connectivity index (χ4v) is 3.27. The molecule has 0 aromatic heterocycles. The highest BCUT2D eigenvalue weighted by Gasteiger charge is 2.29.